The number of alkyl halides is 1. The Labute approximate surface area is 139 Å². The molecule has 1 fully saturated rings. The minimum absolute atomic E-state index is 0.0726. The van der Waals surface area contributed by atoms with E-state index in [1.54, 1.807) is 23.2 Å². The summed E-state index contributed by atoms with van der Waals surface area (Å²) in [7, 11) is 3.51. The molecule has 3 rings (SSSR count). The molecule has 23 heavy (non-hydrogen) atoms. The predicted molar refractivity (Wildman–Crippen MR) is 93.6 cm³/mol. The van der Waals surface area contributed by atoms with Gasteiger partial charge in [-0.2, -0.15) is 0 Å². The van der Waals surface area contributed by atoms with Crippen molar-refractivity contribution in [2.24, 2.45) is 14.1 Å². The van der Waals surface area contributed by atoms with Crippen LogP contribution < -0.4 is 15.9 Å². The minimum atomic E-state index is -0.110. The highest BCUT2D eigenvalue weighted by Crippen LogP contribution is 2.33. The highest BCUT2D eigenvalue weighted by Gasteiger charge is 2.20. The van der Waals surface area contributed by atoms with Crippen molar-refractivity contribution in [1.29, 1.82) is 0 Å². The maximum absolute atomic E-state index is 12.2. The molecule has 0 saturated carbocycles. The van der Waals surface area contributed by atoms with Crippen molar-refractivity contribution in [3.63, 3.8) is 0 Å². The number of amides is 1. The lowest BCUT2D eigenvalue weighted by Crippen LogP contribution is -2.21. The van der Waals surface area contributed by atoms with Crippen molar-refractivity contribution in [2.45, 2.75) is 19.3 Å². The molecule has 0 unspecified atom stereocenters. The molecule has 1 N–H and O–H groups in total. The van der Waals surface area contributed by atoms with Gasteiger partial charge in [0.25, 0.3) is 0 Å². The number of aryl methyl sites for hydroxylation is 2. The van der Waals surface area contributed by atoms with Gasteiger partial charge >= 0.3 is 5.69 Å². The first-order valence-electron chi connectivity index (χ1n) is 7.83. The van der Waals surface area contributed by atoms with Crippen molar-refractivity contribution in [3.05, 3.63) is 22.6 Å². The molecule has 7 heteroatoms. The number of carbonyl (C=O) groups excluding carboxylic acids is 1. The van der Waals surface area contributed by atoms with Crippen LogP contribution in [0.4, 0.5) is 11.4 Å². The average molecular weight is 337 g/mol. The second-order valence-corrected chi connectivity index (χ2v) is 6.32. The SMILES string of the molecule is Cn1c(=O)n(C)c2cc(N3CCCC3)c(NC(=O)CCCl)cc21. The minimum Gasteiger partial charge on any atom is -0.370 e. The summed E-state index contributed by atoms with van der Waals surface area (Å²) in [5.41, 5.74) is 3.32. The van der Waals surface area contributed by atoms with Crippen LogP contribution in [-0.4, -0.2) is 34.0 Å². The van der Waals surface area contributed by atoms with Gasteiger partial charge in [-0.15, -0.1) is 11.6 Å². The number of hydrogen-bond donors (Lipinski definition) is 1. The van der Waals surface area contributed by atoms with Crippen molar-refractivity contribution >= 4 is 39.9 Å². The smallest absolute Gasteiger partial charge is 0.328 e. The summed E-state index contributed by atoms with van der Waals surface area (Å²) in [6.45, 7) is 1.93. The Balaban J connectivity index is 2.13. The van der Waals surface area contributed by atoms with Crippen LogP contribution in [0, 0.1) is 0 Å². The van der Waals surface area contributed by atoms with Gasteiger partial charge in [-0.05, 0) is 25.0 Å². The second-order valence-electron chi connectivity index (χ2n) is 5.94. The van der Waals surface area contributed by atoms with Crippen LogP contribution in [0.2, 0.25) is 0 Å². The third-order valence-electron chi connectivity index (χ3n) is 4.43. The van der Waals surface area contributed by atoms with E-state index in [4.69, 9.17) is 11.6 Å². The van der Waals surface area contributed by atoms with Crippen LogP contribution in [0.25, 0.3) is 11.0 Å². The highest BCUT2D eigenvalue weighted by molar-refractivity contribution is 6.19. The molecule has 2 heterocycles. The van der Waals surface area contributed by atoms with Gasteiger partial charge in [-0.1, -0.05) is 0 Å². The molecule has 1 aromatic carbocycles. The monoisotopic (exact) mass is 336 g/mol. The number of anilines is 2. The third kappa shape index (κ3) is 2.83. The van der Waals surface area contributed by atoms with E-state index >= 15 is 0 Å². The molecule has 6 nitrogen and oxygen atoms in total. The second kappa shape index (κ2) is 6.28. The van der Waals surface area contributed by atoms with E-state index in [1.807, 2.05) is 12.1 Å². The zero-order valence-corrected chi connectivity index (χ0v) is 14.2. The van der Waals surface area contributed by atoms with Crippen LogP contribution in [0.15, 0.2) is 16.9 Å². The zero-order valence-electron chi connectivity index (χ0n) is 13.4. The quantitative estimate of drug-likeness (QED) is 0.869. The van der Waals surface area contributed by atoms with E-state index in [-0.39, 0.29) is 23.9 Å². The van der Waals surface area contributed by atoms with E-state index in [0.717, 1.165) is 48.3 Å². The van der Waals surface area contributed by atoms with Gasteiger partial charge in [0.2, 0.25) is 5.91 Å². The normalized spacial score (nSPS) is 14.7. The fourth-order valence-electron chi connectivity index (χ4n) is 3.15. The summed E-state index contributed by atoms with van der Waals surface area (Å²) in [5.74, 6) is 0.178. The van der Waals surface area contributed by atoms with Crippen molar-refractivity contribution in [3.8, 4) is 0 Å². The summed E-state index contributed by atoms with van der Waals surface area (Å²) < 4.78 is 3.24. The number of imidazole rings is 1. The number of nitrogens with zero attached hydrogens (tertiary/aromatic N) is 3. The summed E-state index contributed by atoms with van der Waals surface area (Å²) in [5, 5.41) is 2.95. The Morgan fingerprint density at radius 1 is 1.17 bits per heavy atom. The van der Waals surface area contributed by atoms with Crippen LogP contribution in [-0.2, 0) is 18.9 Å². The summed E-state index contributed by atoms with van der Waals surface area (Å²) in [4.78, 5) is 26.4. The van der Waals surface area contributed by atoms with Crippen molar-refractivity contribution in [1.82, 2.24) is 9.13 Å². The predicted octanol–water partition coefficient (Wildman–Crippen LogP) is 2.04. The molecule has 2 aromatic rings. The van der Waals surface area contributed by atoms with E-state index < -0.39 is 0 Å². The molecule has 0 aliphatic carbocycles. The molecule has 0 bridgehead atoms. The molecular weight excluding hydrogens is 316 g/mol. The maximum Gasteiger partial charge on any atom is 0.328 e. The molecular formula is C16H21ClN4O2. The first kappa shape index (κ1) is 15.9. The Morgan fingerprint density at radius 2 is 1.78 bits per heavy atom. The van der Waals surface area contributed by atoms with Gasteiger partial charge in [0.05, 0.1) is 22.4 Å². The highest BCUT2D eigenvalue weighted by atomic mass is 35.5. The number of nitrogens with one attached hydrogen (secondary N) is 1. The largest absolute Gasteiger partial charge is 0.370 e. The number of halogens is 1. The van der Waals surface area contributed by atoms with Crippen molar-refractivity contribution in [2.75, 3.05) is 29.2 Å². The Kier molecular flexibility index (Phi) is 4.35. The van der Waals surface area contributed by atoms with Crippen molar-refractivity contribution < 1.29 is 4.79 Å². The van der Waals surface area contributed by atoms with Gasteiger partial charge in [0.15, 0.2) is 0 Å². The van der Waals surface area contributed by atoms with Gasteiger partial charge < -0.3 is 10.2 Å². The fourth-order valence-corrected chi connectivity index (χ4v) is 3.32. The van der Waals surface area contributed by atoms with Gasteiger partial charge in [0.1, 0.15) is 0 Å². The first-order valence-corrected chi connectivity index (χ1v) is 8.36. The number of aromatic nitrogens is 2. The maximum atomic E-state index is 12.2. The molecule has 0 spiro atoms. The summed E-state index contributed by atoms with van der Waals surface area (Å²) in [6.07, 6.45) is 2.55. The Bertz CT molecular complexity index is 802. The van der Waals surface area contributed by atoms with Crippen LogP contribution in [0.3, 0.4) is 0 Å². The lowest BCUT2D eigenvalue weighted by atomic mass is 10.2. The van der Waals surface area contributed by atoms with E-state index in [0.29, 0.717) is 0 Å². The lowest BCUT2D eigenvalue weighted by Gasteiger charge is -2.22. The molecule has 0 radical (unpaired) electrons. The lowest BCUT2D eigenvalue weighted by molar-refractivity contribution is -0.115. The molecule has 0 atom stereocenters. The van der Waals surface area contributed by atoms with Crippen LogP contribution in [0.5, 0.6) is 0 Å². The van der Waals surface area contributed by atoms with Gasteiger partial charge in [0, 0.05) is 39.5 Å². The standard InChI is InChI=1S/C16H21ClN4O2/c1-19-13-9-11(18-15(22)5-6-17)12(21-7-3-4-8-21)10-14(13)20(2)16(19)23/h9-10H,3-8H2,1-2H3,(H,18,22). The van der Waals surface area contributed by atoms with Crippen LogP contribution >= 0.6 is 11.6 Å². The van der Waals surface area contributed by atoms with E-state index in [1.165, 1.54) is 0 Å². The summed E-state index contributed by atoms with van der Waals surface area (Å²) in [6, 6.07) is 3.88. The Morgan fingerprint density at radius 3 is 2.39 bits per heavy atom. The van der Waals surface area contributed by atoms with Gasteiger partial charge in [-0.3, -0.25) is 13.9 Å². The zero-order chi connectivity index (χ0) is 16.6. The number of benzene rings is 1. The fraction of sp³-hybridized carbons (Fsp3) is 0.500. The van der Waals surface area contributed by atoms with Gasteiger partial charge in [-0.25, -0.2) is 4.79 Å². The Hall–Kier alpha value is -1.95. The number of carbonyl (C=O) groups is 1. The molecule has 124 valence electrons. The van der Waals surface area contributed by atoms with E-state index in [9.17, 15) is 9.59 Å². The topological polar surface area (TPSA) is 59.3 Å². The summed E-state index contributed by atoms with van der Waals surface area (Å²) >= 11 is 5.65. The number of hydrogen-bond acceptors (Lipinski definition) is 3. The molecule has 1 amide bonds. The molecule has 1 saturated heterocycles. The van der Waals surface area contributed by atoms with Crippen LogP contribution in [0.1, 0.15) is 19.3 Å². The number of fused-ring (bicyclic) bond motifs is 1. The third-order valence-corrected chi connectivity index (χ3v) is 4.62. The number of rotatable bonds is 4. The molecule has 1 aliphatic rings. The average Bonchev–Trinajstić information content (AvgIpc) is 3.12. The molecule has 1 aliphatic heterocycles. The molecule has 1 aromatic heterocycles. The van der Waals surface area contributed by atoms with E-state index in [2.05, 4.69) is 10.2 Å². The first-order chi connectivity index (χ1) is 11.0.